The summed E-state index contributed by atoms with van der Waals surface area (Å²) in [6.07, 6.45) is -15.2. The Bertz CT molecular complexity index is 1620. The number of aromatic hydroxyl groups is 1. The second-order valence-electron chi connectivity index (χ2n) is 11.1. The summed E-state index contributed by atoms with van der Waals surface area (Å²) in [5, 5.41) is 63.4. The minimum Gasteiger partial charge on any atom is -0.504 e. The fourth-order valence-electron chi connectivity index (χ4n) is 5.36. The number of aliphatic hydroxyl groups is 5. The SMILES string of the molecule is COc1ccc(-c2cc(=O)c3c(O)c(OC)c(O[C@@H]4O[C@H](CO[C@@H]5O[C@@H](C)[C@H](O)[C@@H](O)[C@@H]5OC(C)=O)[C@H](O)[C@H](O)[C@@H]4O)cc3o2)cc1. The predicted octanol–water partition coefficient (Wildman–Crippen LogP) is -0.216. The van der Waals surface area contributed by atoms with Crippen LogP contribution < -0.4 is 19.6 Å². The van der Waals surface area contributed by atoms with Crippen molar-refractivity contribution < 1.29 is 73.0 Å². The molecule has 0 amide bonds. The molecule has 47 heavy (non-hydrogen) atoms. The zero-order valence-electron chi connectivity index (χ0n) is 25.7. The van der Waals surface area contributed by atoms with Crippen molar-refractivity contribution in [2.24, 2.45) is 0 Å². The quantitative estimate of drug-likeness (QED) is 0.162. The van der Waals surface area contributed by atoms with Crippen molar-refractivity contribution >= 4 is 16.9 Å². The Morgan fingerprint density at radius 3 is 2.21 bits per heavy atom. The van der Waals surface area contributed by atoms with Gasteiger partial charge in [-0.1, -0.05) is 0 Å². The first kappa shape index (κ1) is 34.3. The van der Waals surface area contributed by atoms with E-state index in [0.29, 0.717) is 11.3 Å². The molecule has 5 rings (SSSR count). The number of rotatable bonds is 9. The van der Waals surface area contributed by atoms with Crippen molar-refractivity contribution in [3.05, 3.63) is 46.6 Å². The number of carbonyl (C=O) groups is 1. The molecule has 16 heteroatoms. The third kappa shape index (κ3) is 6.86. The van der Waals surface area contributed by atoms with Crippen LogP contribution in [0.15, 0.2) is 45.6 Å². The summed E-state index contributed by atoms with van der Waals surface area (Å²) in [6.45, 7) is 2.01. The van der Waals surface area contributed by atoms with Gasteiger partial charge < -0.3 is 68.2 Å². The first-order chi connectivity index (χ1) is 22.3. The highest BCUT2D eigenvalue weighted by Crippen LogP contribution is 2.43. The summed E-state index contributed by atoms with van der Waals surface area (Å²) in [4.78, 5) is 24.7. The van der Waals surface area contributed by atoms with Crippen LogP contribution in [0.4, 0.5) is 0 Å². The second-order valence-corrected chi connectivity index (χ2v) is 11.1. The average Bonchev–Trinajstić information content (AvgIpc) is 3.04. The van der Waals surface area contributed by atoms with E-state index in [9.17, 15) is 40.2 Å². The van der Waals surface area contributed by atoms with Crippen LogP contribution in [0, 0.1) is 0 Å². The number of carbonyl (C=O) groups excluding carboxylic acids is 1. The Morgan fingerprint density at radius 2 is 1.57 bits per heavy atom. The van der Waals surface area contributed by atoms with Crippen molar-refractivity contribution in [3.8, 4) is 34.3 Å². The number of aliphatic hydroxyl groups excluding tert-OH is 5. The van der Waals surface area contributed by atoms with Gasteiger partial charge in [0.1, 0.15) is 59.1 Å². The third-order valence-electron chi connectivity index (χ3n) is 7.91. The highest BCUT2D eigenvalue weighted by molar-refractivity contribution is 5.89. The van der Waals surface area contributed by atoms with E-state index in [1.807, 2.05) is 0 Å². The van der Waals surface area contributed by atoms with Gasteiger partial charge in [0.25, 0.3) is 0 Å². The summed E-state index contributed by atoms with van der Waals surface area (Å²) in [5.74, 6) is -1.23. The number of hydrogen-bond acceptors (Lipinski definition) is 16. The predicted molar refractivity (Wildman–Crippen MR) is 158 cm³/mol. The average molecular weight is 665 g/mol. The van der Waals surface area contributed by atoms with Gasteiger partial charge in [-0.15, -0.1) is 0 Å². The molecule has 16 nitrogen and oxygen atoms in total. The lowest BCUT2D eigenvalue weighted by molar-refractivity contribution is -0.320. The maximum Gasteiger partial charge on any atom is 0.303 e. The Kier molecular flexibility index (Phi) is 10.2. The Hall–Kier alpha value is -4.00. The number of hydrogen-bond donors (Lipinski definition) is 6. The van der Waals surface area contributed by atoms with Gasteiger partial charge in [0, 0.05) is 24.6 Å². The smallest absolute Gasteiger partial charge is 0.303 e. The molecule has 2 aromatic carbocycles. The van der Waals surface area contributed by atoms with Gasteiger partial charge in [-0.3, -0.25) is 9.59 Å². The number of ether oxygens (including phenoxy) is 7. The zero-order chi connectivity index (χ0) is 34.2. The number of benzene rings is 2. The first-order valence-corrected chi connectivity index (χ1v) is 14.5. The Morgan fingerprint density at radius 1 is 0.872 bits per heavy atom. The summed E-state index contributed by atoms with van der Waals surface area (Å²) in [7, 11) is 2.71. The van der Waals surface area contributed by atoms with E-state index in [4.69, 9.17) is 37.6 Å². The van der Waals surface area contributed by atoms with Gasteiger partial charge in [-0.05, 0) is 31.2 Å². The lowest BCUT2D eigenvalue weighted by Gasteiger charge is -2.43. The molecule has 2 aliphatic heterocycles. The number of methoxy groups -OCH3 is 2. The first-order valence-electron chi connectivity index (χ1n) is 14.5. The van der Waals surface area contributed by atoms with E-state index in [2.05, 4.69) is 0 Å². The summed E-state index contributed by atoms with van der Waals surface area (Å²) in [6, 6.07) is 9.11. The van der Waals surface area contributed by atoms with Crippen LogP contribution in [0.1, 0.15) is 13.8 Å². The van der Waals surface area contributed by atoms with Gasteiger partial charge in [-0.2, -0.15) is 0 Å². The highest BCUT2D eigenvalue weighted by atomic mass is 16.7. The Balaban J connectivity index is 1.41. The van der Waals surface area contributed by atoms with Gasteiger partial charge in [-0.25, -0.2) is 0 Å². The topological polar surface area (TPSA) is 233 Å². The van der Waals surface area contributed by atoms with Crippen molar-refractivity contribution in [1.82, 2.24) is 0 Å². The molecule has 3 aromatic rings. The van der Waals surface area contributed by atoms with Crippen molar-refractivity contribution in [1.29, 1.82) is 0 Å². The van der Waals surface area contributed by atoms with Crippen molar-refractivity contribution in [2.75, 3.05) is 20.8 Å². The minimum absolute atomic E-state index is 0.108. The summed E-state index contributed by atoms with van der Waals surface area (Å²) < 4.78 is 44.2. The van der Waals surface area contributed by atoms with Crippen LogP contribution >= 0.6 is 0 Å². The van der Waals surface area contributed by atoms with E-state index < -0.39 is 85.2 Å². The van der Waals surface area contributed by atoms with E-state index in [1.54, 1.807) is 24.3 Å². The lowest BCUT2D eigenvalue weighted by atomic mass is 9.98. The molecule has 0 unspecified atom stereocenters. The molecule has 3 heterocycles. The molecule has 2 saturated heterocycles. The molecule has 0 spiro atoms. The molecule has 256 valence electrons. The number of fused-ring (bicyclic) bond motifs is 1. The van der Waals surface area contributed by atoms with Gasteiger partial charge >= 0.3 is 5.97 Å². The highest BCUT2D eigenvalue weighted by Gasteiger charge is 2.49. The molecule has 0 aliphatic carbocycles. The molecular weight excluding hydrogens is 628 g/mol. The molecular formula is C31H36O16. The molecule has 6 N–H and O–H groups in total. The minimum atomic E-state index is -1.84. The second kappa shape index (κ2) is 14.0. The van der Waals surface area contributed by atoms with Crippen molar-refractivity contribution in [2.45, 2.75) is 75.3 Å². The molecule has 2 fully saturated rings. The van der Waals surface area contributed by atoms with Crippen LogP contribution in [0.3, 0.4) is 0 Å². The van der Waals surface area contributed by atoms with Gasteiger partial charge in [0.05, 0.1) is 26.9 Å². The molecule has 10 atom stereocenters. The molecule has 2 aliphatic rings. The molecule has 1 aromatic heterocycles. The fourth-order valence-corrected chi connectivity index (χ4v) is 5.36. The van der Waals surface area contributed by atoms with Crippen LogP contribution in [0.2, 0.25) is 0 Å². The van der Waals surface area contributed by atoms with Crippen LogP contribution in [0.25, 0.3) is 22.3 Å². The van der Waals surface area contributed by atoms with E-state index in [0.717, 1.165) is 6.92 Å². The van der Waals surface area contributed by atoms with E-state index >= 15 is 0 Å². The van der Waals surface area contributed by atoms with Crippen LogP contribution in [-0.4, -0.2) is 119 Å². The number of esters is 1. The number of phenolic OH excluding ortho intramolecular Hbond substituents is 1. The van der Waals surface area contributed by atoms with Gasteiger partial charge in [0.15, 0.2) is 29.3 Å². The summed E-state index contributed by atoms with van der Waals surface area (Å²) in [5.41, 5.74) is -0.167. The van der Waals surface area contributed by atoms with Crippen LogP contribution in [-0.2, 0) is 23.7 Å². The molecule has 0 radical (unpaired) electrons. The van der Waals surface area contributed by atoms with Crippen LogP contribution in [0.5, 0.6) is 23.0 Å². The standard InChI is InChI=1S/C31H36O16/c1-12-22(34)26(38)29(44-13(2)32)31(43-12)42-11-20-23(35)25(37)27(39)30(47-20)46-19-10-18-21(24(36)28(19)41-4)16(33)9-17(45-18)14-5-7-15(40-3)8-6-14/h5-10,12,20,22-23,25-27,29-31,34-39H,11H2,1-4H3/t12-,20+,22-,23-,25-,26+,27-,29-,30+,31+/m0/s1. The fraction of sp³-hybridized carbons (Fsp3) is 0.484. The number of phenols is 1. The van der Waals surface area contributed by atoms with Crippen molar-refractivity contribution in [3.63, 3.8) is 0 Å². The maximum atomic E-state index is 13.1. The normalized spacial score (nSPS) is 30.9. The van der Waals surface area contributed by atoms with E-state index in [1.165, 1.54) is 33.3 Å². The largest absolute Gasteiger partial charge is 0.504 e. The lowest BCUT2D eigenvalue weighted by Crippen LogP contribution is -2.62. The molecule has 0 saturated carbocycles. The maximum absolute atomic E-state index is 13.1. The third-order valence-corrected chi connectivity index (χ3v) is 7.91. The van der Waals surface area contributed by atoms with Gasteiger partial charge in [0.2, 0.25) is 12.0 Å². The molecule has 0 bridgehead atoms. The monoisotopic (exact) mass is 664 g/mol. The zero-order valence-corrected chi connectivity index (χ0v) is 25.7. The summed E-state index contributed by atoms with van der Waals surface area (Å²) >= 11 is 0. The van der Waals surface area contributed by atoms with E-state index in [-0.39, 0.29) is 28.2 Å². The Labute approximate surface area is 267 Å².